The summed E-state index contributed by atoms with van der Waals surface area (Å²) in [6.45, 7) is 6.86. The van der Waals surface area contributed by atoms with Crippen LogP contribution in [0.4, 0.5) is 17.1 Å². The monoisotopic (exact) mass is 572 g/mol. The first kappa shape index (κ1) is 25.8. The number of hydrogen-bond donors (Lipinski definition) is 0. The van der Waals surface area contributed by atoms with E-state index in [0.29, 0.717) is 0 Å². The first-order valence-corrected chi connectivity index (χ1v) is 15.7. The maximum Gasteiger partial charge on any atom is 0.0640 e. The lowest BCUT2D eigenvalue weighted by atomic mass is 9.99. The molecule has 208 valence electrons. The number of aromatic nitrogens is 1. The van der Waals surface area contributed by atoms with Crippen molar-refractivity contribution in [3.63, 3.8) is 0 Å². The lowest BCUT2D eigenvalue weighted by molar-refractivity contribution is 0.423. The molecule has 0 fully saturated rings. The highest BCUT2D eigenvalue weighted by Crippen LogP contribution is 2.47. The third kappa shape index (κ3) is 4.15. The van der Waals surface area contributed by atoms with E-state index in [2.05, 4.69) is 170 Å². The first-order chi connectivity index (χ1) is 21.0. The zero-order chi connectivity index (χ0) is 29.1. The van der Waals surface area contributed by atoms with Crippen LogP contribution in [-0.4, -0.2) is 4.57 Å². The second-order valence-electron chi connectivity index (χ2n) is 12.2. The highest BCUT2D eigenvalue weighted by molar-refractivity contribution is 7.26. The van der Waals surface area contributed by atoms with E-state index in [-0.39, 0.29) is 5.54 Å². The Morgan fingerprint density at radius 2 is 1.19 bits per heavy atom. The van der Waals surface area contributed by atoms with Crippen LogP contribution in [0.3, 0.4) is 0 Å². The Balaban J connectivity index is 1.39. The van der Waals surface area contributed by atoms with Gasteiger partial charge in [0.2, 0.25) is 0 Å². The third-order valence-corrected chi connectivity index (χ3v) is 9.65. The Hall–Kier alpha value is -4.86. The number of thiophene rings is 1. The van der Waals surface area contributed by atoms with Gasteiger partial charge in [0.05, 0.1) is 16.1 Å². The first-order valence-electron chi connectivity index (χ1n) is 14.9. The summed E-state index contributed by atoms with van der Waals surface area (Å²) in [5, 5.41) is 5.19. The Labute approximate surface area is 256 Å². The van der Waals surface area contributed by atoms with Crippen molar-refractivity contribution in [2.45, 2.75) is 26.3 Å². The Kier molecular flexibility index (Phi) is 5.92. The number of nitrogens with zero attached hydrogens (tertiary/aromatic N) is 2. The van der Waals surface area contributed by atoms with Crippen molar-refractivity contribution in [3.05, 3.63) is 140 Å². The summed E-state index contributed by atoms with van der Waals surface area (Å²) in [7, 11) is 0. The summed E-state index contributed by atoms with van der Waals surface area (Å²) in [4.78, 5) is 2.44. The minimum atomic E-state index is -0.0339. The zero-order valence-electron chi connectivity index (χ0n) is 24.6. The number of rotatable bonds is 4. The molecule has 0 spiro atoms. The maximum atomic E-state index is 2.48. The Bertz CT molecular complexity index is 2280. The molecule has 0 saturated heterocycles. The molecule has 8 aromatic rings. The number of benzene rings is 6. The molecule has 0 amide bonds. The largest absolute Gasteiger partial charge is 0.335 e. The van der Waals surface area contributed by atoms with Gasteiger partial charge in [-0.3, -0.25) is 0 Å². The Morgan fingerprint density at radius 1 is 0.535 bits per heavy atom. The molecule has 6 aromatic carbocycles. The topological polar surface area (TPSA) is 8.17 Å². The number of anilines is 3. The standard InChI is InChI=1S/C40H32N2S/c1-40(2,3)42-35-21-11-8-17-30(35)33-26-27(24-25-36(33)42)29-16-7-10-20-34(29)41(28-14-5-4-6-15-28)37-22-13-19-32-31-18-9-12-23-38(31)43-39(32)37/h4-26H,1-3H3. The van der Waals surface area contributed by atoms with E-state index < -0.39 is 0 Å². The molecule has 0 aliphatic rings. The summed E-state index contributed by atoms with van der Waals surface area (Å²) in [5.74, 6) is 0. The van der Waals surface area contributed by atoms with Gasteiger partial charge in [0.15, 0.2) is 0 Å². The van der Waals surface area contributed by atoms with Gasteiger partial charge in [0.25, 0.3) is 0 Å². The van der Waals surface area contributed by atoms with Crippen molar-refractivity contribution in [3.8, 4) is 11.1 Å². The SMILES string of the molecule is CC(C)(C)n1c2ccccc2c2cc(-c3ccccc3N(c3ccccc3)c3cccc4c3sc3ccccc34)ccc21. The van der Waals surface area contributed by atoms with Crippen LogP contribution in [0.15, 0.2) is 140 Å². The molecule has 8 rings (SSSR count). The zero-order valence-corrected chi connectivity index (χ0v) is 25.4. The van der Waals surface area contributed by atoms with E-state index in [0.717, 1.165) is 11.4 Å². The van der Waals surface area contributed by atoms with Gasteiger partial charge >= 0.3 is 0 Å². The van der Waals surface area contributed by atoms with Crippen LogP contribution in [0.25, 0.3) is 53.1 Å². The second-order valence-corrected chi connectivity index (χ2v) is 13.2. The molecular formula is C40H32N2S. The quantitative estimate of drug-likeness (QED) is 0.204. The summed E-state index contributed by atoms with van der Waals surface area (Å²) in [6, 6.07) is 50.9. The maximum absolute atomic E-state index is 2.48. The van der Waals surface area contributed by atoms with Gasteiger partial charge in [-0.15, -0.1) is 11.3 Å². The summed E-state index contributed by atoms with van der Waals surface area (Å²) >= 11 is 1.87. The van der Waals surface area contributed by atoms with E-state index in [1.807, 2.05) is 11.3 Å². The average molecular weight is 573 g/mol. The Morgan fingerprint density at radius 3 is 2.02 bits per heavy atom. The molecule has 2 nitrogen and oxygen atoms in total. The van der Waals surface area contributed by atoms with Crippen LogP contribution in [0.5, 0.6) is 0 Å². The molecule has 0 unspecified atom stereocenters. The van der Waals surface area contributed by atoms with Crippen LogP contribution in [0.1, 0.15) is 20.8 Å². The molecule has 2 aromatic heterocycles. The summed E-state index contributed by atoms with van der Waals surface area (Å²) < 4.78 is 5.09. The van der Waals surface area contributed by atoms with Gasteiger partial charge < -0.3 is 9.47 Å². The van der Waals surface area contributed by atoms with Crippen molar-refractivity contribution in [1.29, 1.82) is 0 Å². The summed E-state index contributed by atoms with van der Waals surface area (Å²) in [6.07, 6.45) is 0. The highest BCUT2D eigenvalue weighted by Gasteiger charge is 2.23. The van der Waals surface area contributed by atoms with Crippen LogP contribution < -0.4 is 4.90 Å². The minimum Gasteiger partial charge on any atom is -0.335 e. The smallest absolute Gasteiger partial charge is 0.0640 e. The fourth-order valence-electron chi connectivity index (χ4n) is 6.67. The van der Waals surface area contributed by atoms with Gasteiger partial charge in [-0.1, -0.05) is 91.0 Å². The normalized spacial score (nSPS) is 12.1. The fourth-order valence-corrected chi connectivity index (χ4v) is 7.88. The minimum absolute atomic E-state index is 0.0339. The number of fused-ring (bicyclic) bond motifs is 6. The molecule has 0 bridgehead atoms. The van der Waals surface area contributed by atoms with Crippen molar-refractivity contribution in [1.82, 2.24) is 4.57 Å². The molecule has 0 aliphatic carbocycles. The molecule has 43 heavy (non-hydrogen) atoms. The van der Waals surface area contributed by atoms with Crippen LogP contribution in [0, 0.1) is 0 Å². The highest BCUT2D eigenvalue weighted by atomic mass is 32.1. The van der Waals surface area contributed by atoms with E-state index in [1.165, 1.54) is 58.8 Å². The van der Waals surface area contributed by atoms with E-state index >= 15 is 0 Å². The molecule has 0 saturated carbocycles. The van der Waals surface area contributed by atoms with Crippen LogP contribution >= 0.6 is 11.3 Å². The van der Waals surface area contributed by atoms with Gasteiger partial charge in [-0.2, -0.15) is 0 Å². The lowest BCUT2D eigenvalue weighted by Crippen LogP contribution is -2.21. The fraction of sp³-hybridized carbons (Fsp3) is 0.100. The molecular weight excluding hydrogens is 541 g/mol. The molecule has 0 atom stereocenters. The molecule has 2 heterocycles. The van der Waals surface area contributed by atoms with Crippen molar-refractivity contribution >= 4 is 70.4 Å². The van der Waals surface area contributed by atoms with Crippen molar-refractivity contribution < 1.29 is 0 Å². The van der Waals surface area contributed by atoms with E-state index in [1.54, 1.807) is 0 Å². The van der Waals surface area contributed by atoms with Gasteiger partial charge in [-0.25, -0.2) is 0 Å². The molecule has 0 aliphatic heterocycles. The molecule has 0 N–H and O–H groups in total. The molecule has 0 radical (unpaired) electrons. The van der Waals surface area contributed by atoms with Gasteiger partial charge in [-0.05, 0) is 74.9 Å². The molecule has 3 heteroatoms. The second kappa shape index (κ2) is 9.86. The lowest BCUT2D eigenvalue weighted by Gasteiger charge is -2.28. The number of para-hydroxylation sites is 3. The van der Waals surface area contributed by atoms with Crippen molar-refractivity contribution in [2.24, 2.45) is 0 Å². The summed E-state index contributed by atoms with van der Waals surface area (Å²) in [5.41, 5.74) is 8.44. The average Bonchev–Trinajstić information content (AvgIpc) is 3.58. The van der Waals surface area contributed by atoms with Crippen LogP contribution in [-0.2, 0) is 5.54 Å². The van der Waals surface area contributed by atoms with Gasteiger partial charge in [0, 0.05) is 54.1 Å². The van der Waals surface area contributed by atoms with Crippen molar-refractivity contribution in [2.75, 3.05) is 4.90 Å². The predicted octanol–water partition coefficient (Wildman–Crippen LogP) is 12.1. The third-order valence-electron chi connectivity index (χ3n) is 8.44. The number of hydrogen-bond acceptors (Lipinski definition) is 2. The van der Waals surface area contributed by atoms with E-state index in [9.17, 15) is 0 Å². The van der Waals surface area contributed by atoms with Crippen LogP contribution in [0.2, 0.25) is 0 Å². The van der Waals surface area contributed by atoms with Gasteiger partial charge in [0.1, 0.15) is 0 Å². The predicted molar refractivity (Wildman–Crippen MR) is 187 cm³/mol. The van der Waals surface area contributed by atoms with E-state index in [4.69, 9.17) is 0 Å².